The Labute approximate surface area is 165 Å². The van der Waals surface area contributed by atoms with Gasteiger partial charge in [-0.2, -0.15) is 4.31 Å². The van der Waals surface area contributed by atoms with E-state index in [9.17, 15) is 13.2 Å². The van der Waals surface area contributed by atoms with Crippen molar-refractivity contribution < 1.29 is 17.9 Å². The molecule has 7 nitrogen and oxygen atoms in total. The quantitative estimate of drug-likeness (QED) is 0.770. The van der Waals surface area contributed by atoms with Gasteiger partial charge < -0.3 is 9.64 Å². The number of fused-ring (bicyclic) bond motifs is 2. The highest BCUT2D eigenvalue weighted by Crippen LogP contribution is 2.36. The minimum atomic E-state index is -3.60. The lowest BCUT2D eigenvalue weighted by Gasteiger charge is -2.26. The lowest BCUT2D eigenvalue weighted by Crippen LogP contribution is -2.38. The van der Waals surface area contributed by atoms with Gasteiger partial charge in [0.1, 0.15) is 5.60 Å². The minimum absolute atomic E-state index is 0.138. The maximum atomic E-state index is 13.3. The Morgan fingerprint density at radius 2 is 1.79 bits per heavy atom. The Morgan fingerprint density at radius 1 is 1.11 bits per heavy atom. The summed E-state index contributed by atoms with van der Waals surface area (Å²) in [6.45, 7) is 7.44. The molecule has 0 N–H and O–H groups in total. The van der Waals surface area contributed by atoms with E-state index in [0.717, 1.165) is 5.39 Å². The van der Waals surface area contributed by atoms with Crippen LogP contribution in [0.1, 0.15) is 20.8 Å². The zero-order chi connectivity index (χ0) is 20.1. The van der Waals surface area contributed by atoms with Gasteiger partial charge in [-0.05, 0) is 44.7 Å². The fourth-order valence-corrected chi connectivity index (χ4v) is 5.85. The number of pyridine rings is 1. The van der Waals surface area contributed by atoms with E-state index in [1.807, 2.05) is 26.8 Å². The van der Waals surface area contributed by atoms with Crippen molar-refractivity contribution in [1.29, 1.82) is 0 Å². The van der Waals surface area contributed by atoms with Crippen LogP contribution >= 0.6 is 0 Å². The molecular weight excluding hydrogens is 378 g/mol. The molecule has 1 aromatic carbocycles. The number of hydrogen-bond donors (Lipinski definition) is 0. The third-order valence-electron chi connectivity index (χ3n) is 5.36. The summed E-state index contributed by atoms with van der Waals surface area (Å²) in [6, 6.07) is 7.00. The smallest absolute Gasteiger partial charge is 0.410 e. The van der Waals surface area contributed by atoms with E-state index in [2.05, 4.69) is 4.98 Å². The number of sulfonamides is 1. The molecule has 0 unspecified atom stereocenters. The van der Waals surface area contributed by atoms with Crippen LogP contribution in [0.2, 0.25) is 0 Å². The van der Waals surface area contributed by atoms with Crippen LogP contribution in [0.4, 0.5) is 4.79 Å². The molecule has 28 heavy (non-hydrogen) atoms. The number of hydrogen-bond acceptors (Lipinski definition) is 5. The first-order valence-corrected chi connectivity index (χ1v) is 10.9. The third kappa shape index (κ3) is 3.46. The average molecular weight is 404 g/mol. The van der Waals surface area contributed by atoms with Gasteiger partial charge >= 0.3 is 6.09 Å². The molecule has 2 aromatic rings. The number of rotatable bonds is 2. The second kappa shape index (κ2) is 6.70. The summed E-state index contributed by atoms with van der Waals surface area (Å²) in [5.74, 6) is 0.276. The lowest BCUT2D eigenvalue weighted by molar-refractivity contribution is 0.0279. The SMILES string of the molecule is CC(C)(C)OC(=O)N1C[C@@H]2CN(S(=O)(=O)c3cccc4cnccc34)C[C@@H]2C1. The molecule has 8 heteroatoms. The Balaban J connectivity index is 1.51. The molecule has 4 rings (SSSR count). The molecule has 3 heterocycles. The van der Waals surface area contributed by atoms with E-state index in [0.29, 0.717) is 36.5 Å². The molecule has 0 saturated carbocycles. The number of nitrogens with zero attached hydrogens (tertiary/aromatic N) is 3. The molecule has 2 aliphatic rings. The van der Waals surface area contributed by atoms with E-state index < -0.39 is 15.6 Å². The van der Waals surface area contributed by atoms with Crippen LogP contribution in [-0.4, -0.2) is 60.5 Å². The summed E-state index contributed by atoms with van der Waals surface area (Å²) in [5, 5.41) is 1.49. The largest absolute Gasteiger partial charge is 0.444 e. The Kier molecular flexibility index (Phi) is 4.58. The van der Waals surface area contributed by atoms with Crippen molar-refractivity contribution in [2.75, 3.05) is 26.2 Å². The number of ether oxygens (including phenoxy) is 1. The zero-order valence-electron chi connectivity index (χ0n) is 16.3. The van der Waals surface area contributed by atoms with E-state index in [-0.39, 0.29) is 17.9 Å². The van der Waals surface area contributed by atoms with E-state index in [1.165, 1.54) is 0 Å². The zero-order valence-corrected chi connectivity index (χ0v) is 17.1. The van der Waals surface area contributed by atoms with Crippen molar-refractivity contribution in [1.82, 2.24) is 14.2 Å². The van der Waals surface area contributed by atoms with Crippen LogP contribution in [0.5, 0.6) is 0 Å². The van der Waals surface area contributed by atoms with Crippen LogP contribution < -0.4 is 0 Å². The fraction of sp³-hybridized carbons (Fsp3) is 0.500. The van der Waals surface area contributed by atoms with Crippen LogP contribution in [-0.2, 0) is 14.8 Å². The summed E-state index contributed by atoms with van der Waals surface area (Å²) in [6.07, 6.45) is 2.96. The van der Waals surface area contributed by atoms with Gasteiger partial charge in [-0.15, -0.1) is 0 Å². The Bertz CT molecular complexity index is 996. The highest BCUT2D eigenvalue weighted by Gasteiger charge is 2.46. The average Bonchev–Trinajstić information content (AvgIpc) is 3.19. The fourth-order valence-electron chi connectivity index (χ4n) is 4.08. The standard InChI is InChI=1S/C20H25N3O4S/c1-20(2,3)27-19(24)22-10-15-12-23(13-16(15)11-22)28(25,26)18-6-4-5-14-9-21-8-7-17(14)18/h4-9,15-16H,10-13H2,1-3H3/t15-,16+. The molecule has 150 valence electrons. The van der Waals surface area contributed by atoms with Crippen LogP contribution in [0.3, 0.4) is 0 Å². The molecule has 0 radical (unpaired) electrons. The summed E-state index contributed by atoms with van der Waals surface area (Å²) in [5.41, 5.74) is -0.534. The van der Waals surface area contributed by atoms with Crippen LogP contribution in [0, 0.1) is 11.8 Å². The van der Waals surface area contributed by atoms with Gasteiger partial charge in [-0.25, -0.2) is 13.2 Å². The van der Waals surface area contributed by atoms with E-state index in [1.54, 1.807) is 39.8 Å². The number of benzene rings is 1. The minimum Gasteiger partial charge on any atom is -0.444 e. The van der Waals surface area contributed by atoms with Crippen molar-refractivity contribution in [3.05, 3.63) is 36.7 Å². The summed E-state index contributed by atoms with van der Waals surface area (Å²) < 4.78 is 33.6. The summed E-state index contributed by atoms with van der Waals surface area (Å²) in [4.78, 5) is 18.4. The van der Waals surface area contributed by atoms with Crippen LogP contribution in [0.25, 0.3) is 10.8 Å². The predicted molar refractivity (Wildman–Crippen MR) is 105 cm³/mol. The summed E-state index contributed by atoms with van der Waals surface area (Å²) >= 11 is 0. The first-order chi connectivity index (χ1) is 13.1. The number of likely N-dealkylation sites (tertiary alicyclic amines) is 1. The topological polar surface area (TPSA) is 79.8 Å². The van der Waals surface area contributed by atoms with Gasteiger partial charge in [0.05, 0.1) is 4.90 Å². The second-order valence-corrected chi connectivity index (χ2v) is 10.5. The first kappa shape index (κ1) is 19.1. The number of amides is 1. The molecule has 0 aliphatic carbocycles. The van der Waals surface area contributed by atoms with E-state index in [4.69, 9.17) is 4.74 Å². The van der Waals surface area contributed by atoms with Gasteiger partial charge in [0.15, 0.2) is 0 Å². The maximum absolute atomic E-state index is 13.3. The van der Waals surface area contributed by atoms with Gasteiger partial charge in [-0.3, -0.25) is 4.98 Å². The monoisotopic (exact) mass is 403 g/mol. The first-order valence-electron chi connectivity index (χ1n) is 9.46. The highest BCUT2D eigenvalue weighted by molar-refractivity contribution is 7.89. The Hall–Kier alpha value is -2.19. The lowest BCUT2D eigenvalue weighted by atomic mass is 10.0. The Morgan fingerprint density at radius 3 is 2.43 bits per heavy atom. The normalized spacial score (nSPS) is 23.2. The van der Waals surface area contributed by atoms with Gasteiger partial charge in [0, 0.05) is 49.3 Å². The highest BCUT2D eigenvalue weighted by atomic mass is 32.2. The predicted octanol–water partition coefficient (Wildman–Crippen LogP) is 2.72. The van der Waals surface area contributed by atoms with Crippen molar-refractivity contribution in [2.45, 2.75) is 31.3 Å². The molecule has 2 aliphatic heterocycles. The second-order valence-electron chi connectivity index (χ2n) is 8.58. The summed E-state index contributed by atoms with van der Waals surface area (Å²) in [7, 11) is -3.60. The molecule has 2 saturated heterocycles. The maximum Gasteiger partial charge on any atom is 0.410 e. The number of carbonyl (C=O) groups is 1. The molecule has 0 spiro atoms. The van der Waals surface area contributed by atoms with Crippen LogP contribution in [0.15, 0.2) is 41.6 Å². The number of aromatic nitrogens is 1. The molecule has 0 bridgehead atoms. The molecule has 1 aromatic heterocycles. The molecule has 2 atom stereocenters. The van der Waals surface area contributed by atoms with Gasteiger partial charge in [-0.1, -0.05) is 12.1 Å². The molecule has 1 amide bonds. The van der Waals surface area contributed by atoms with E-state index >= 15 is 0 Å². The van der Waals surface area contributed by atoms with Crippen molar-refractivity contribution in [2.24, 2.45) is 11.8 Å². The number of carbonyl (C=O) groups excluding carboxylic acids is 1. The molecular formula is C20H25N3O4S. The van der Waals surface area contributed by atoms with Gasteiger partial charge in [0.2, 0.25) is 10.0 Å². The van der Waals surface area contributed by atoms with Gasteiger partial charge in [0.25, 0.3) is 0 Å². The van der Waals surface area contributed by atoms with Crippen molar-refractivity contribution in [3.8, 4) is 0 Å². The third-order valence-corrected chi connectivity index (χ3v) is 7.25. The van der Waals surface area contributed by atoms with Crippen molar-refractivity contribution in [3.63, 3.8) is 0 Å². The molecule has 2 fully saturated rings. The van der Waals surface area contributed by atoms with Crippen molar-refractivity contribution >= 4 is 26.9 Å².